The predicted octanol–water partition coefficient (Wildman–Crippen LogP) is 2.44. The summed E-state index contributed by atoms with van der Waals surface area (Å²) in [5, 5.41) is 9.48. The van der Waals surface area contributed by atoms with E-state index in [4.69, 9.17) is 9.47 Å². The van der Waals surface area contributed by atoms with Gasteiger partial charge in [0.1, 0.15) is 0 Å². The lowest BCUT2D eigenvalue weighted by Crippen LogP contribution is -2.24. The molecule has 19 heavy (non-hydrogen) atoms. The molecule has 0 radical (unpaired) electrons. The molecule has 4 heteroatoms. The van der Waals surface area contributed by atoms with Gasteiger partial charge in [-0.25, -0.2) is 0 Å². The first kappa shape index (κ1) is 13.9. The van der Waals surface area contributed by atoms with Gasteiger partial charge in [-0.15, -0.1) is 0 Å². The number of ether oxygens (including phenoxy) is 2. The normalized spacial score (nSPS) is 22.9. The molecule has 104 valence electrons. The number of aliphatic hydroxyl groups is 1. The van der Waals surface area contributed by atoms with Crippen molar-refractivity contribution in [3.8, 4) is 11.5 Å². The van der Waals surface area contributed by atoms with Crippen LogP contribution in [0.15, 0.2) is 18.2 Å². The van der Waals surface area contributed by atoms with Gasteiger partial charge >= 0.3 is 0 Å². The van der Waals surface area contributed by atoms with Crippen LogP contribution in [0.1, 0.15) is 36.0 Å². The van der Waals surface area contributed by atoms with Crippen LogP contribution in [0.4, 0.5) is 0 Å². The minimum atomic E-state index is -0.241. The molecule has 0 saturated heterocycles. The van der Waals surface area contributed by atoms with E-state index in [0.717, 1.165) is 12.8 Å². The summed E-state index contributed by atoms with van der Waals surface area (Å²) in [4.78, 5) is 12.4. The average molecular weight is 264 g/mol. The van der Waals surface area contributed by atoms with Gasteiger partial charge in [0.05, 0.1) is 20.3 Å². The third-order valence-electron chi connectivity index (χ3n) is 3.74. The summed E-state index contributed by atoms with van der Waals surface area (Å²) >= 11 is 0. The quantitative estimate of drug-likeness (QED) is 0.849. The van der Waals surface area contributed by atoms with E-state index >= 15 is 0 Å². The number of carbonyl (C=O) groups excluding carboxylic acids is 1. The number of carbonyl (C=O) groups is 1. The van der Waals surface area contributed by atoms with Crippen LogP contribution in [0.5, 0.6) is 11.5 Å². The topological polar surface area (TPSA) is 55.8 Å². The minimum Gasteiger partial charge on any atom is -0.493 e. The van der Waals surface area contributed by atoms with Gasteiger partial charge in [-0.2, -0.15) is 0 Å². The molecule has 1 aromatic carbocycles. The van der Waals surface area contributed by atoms with E-state index in [9.17, 15) is 9.90 Å². The second kappa shape index (κ2) is 6.06. The molecule has 4 nitrogen and oxygen atoms in total. The number of methoxy groups -OCH3 is 2. The number of ketones is 1. The molecule has 1 aliphatic rings. The number of aliphatic hydroxyl groups excluding tert-OH is 1. The van der Waals surface area contributed by atoms with E-state index in [1.165, 1.54) is 0 Å². The number of Topliss-reactive ketones (excluding diaryl/α,β-unsaturated/α-hetero) is 1. The number of rotatable bonds is 4. The summed E-state index contributed by atoms with van der Waals surface area (Å²) in [5.41, 5.74) is 0.652. The van der Waals surface area contributed by atoms with Gasteiger partial charge in [0, 0.05) is 11.5 Å². The Morgan fingerprint density at radius 3 is 2.32 bits per heavy atom. The Morgan fingerprint density at radius 1 is 1.11 bits per heavy atom. The Balaban J connectivity index is 2.15. The lowest BCUT2D eigenvalue weighted by Gasteiger charge is -2.24. The molecule has 0 aromatic heterocycles. The summed E-state index contributed by atoms with van der Waals surface area (Å²) in [6, 6.07) is 5.25. The molecule has 1 aromatic rings. The van der Waals surface area contributed by atoms with E-state index in [0.29, 0.717) is 29.9 Å². The van der Waals surface area contributed by atoms with Gasteiger partial charge < -0.3 is 14.6 Å². The van der Waals surface area contributed by atoms with Crippen LogP contribution in [-0.4, -0.2) is 31.2 Å². The van der Waals surface area contributed by atoms with E-state index < -0.39 is 0 Å². The molecule has 0 aliphatic heterocycles. The minimum absolute atomic E-state index is 0.0153. The Kier molecular flexibility index (Phi) is 4.43. The molecule has 0 unspecified atom stereocenters. The zero-order valence-corrected chi connectivity index (χ0v) is 11.4. The van der Waals surface area contributed by atoms with Crippen LogP contribution < -0.4 is 9.47 Å². The lowest BCUT2D eigenvalue weighted by molar-refractivity contribution is 0.0764. The molecule has 1 N–H and O–H groups in total. The summed E-state index contributed by atoms with van der Waals surface area (Å²) in [6.07, 6.45) is 2.70. The summed E-state index contributed by atoms with van der Waals surface area (Å²) in [5.74, 6) is 1.34. The Bertz CT molecular complexity index is 447. The van der Waals surface area contributed by atoms with Crippen molar-refractivity contribution in [2.75, 3.05) is 14.2 Å². The monoisotopic (exact) mass is 264 g/mol. The molecule has 0 atom stereocenters. The van der Waals surface area contributed by atoms with Crippen molar-refractivity contribution in [1.29, 1.82) is 0 Å². The highest BCUT2D eigenvalue weighted by Crippen LogP contribution is 2.31. The van der Waals surface area contributed by atoms with Crippen molar-refractivity contribution in [3.63, 3.8) is 0 Å². The van der Waals surface area contributed by atoms with Crippen LogP contribution in [-0.2, 0) is 0 Å². The number of benzene rings is 1. The molecule has 1 fully saturated rings. The fourth-order valence-corrected chi connectivity index (χ4v) is 2.56. The van der Waals surface area contributed by atoms with Gasteiger partial charge in [0.2, 0.25) is 0 Å². The largest absolute Gasteiger partial charge is 0.493 e. The van der Waals surface area contributed by atoms with Crippen LogP contribution in [0.25, 0.3) is 0 Å². The van der Waals surface area contributed by atoms with Crippen molar-refractivity contribution >= 4 is 5.78 Å². The van der Waals surface area contributed by atoms with Gasteiger partial charge in [-0.1, -0.05) is 0 Å². The first-order valence-electron chi connectivity index (χ1n) is 6.60. The predicted molar refractivity (Wildman–Crippen MR) is 71.8 cm³/mol. The number of hydrogen-bond acceptors (Lipinski definition) is 4. The maximum absolute atomic E-state index is 12.4. The lowest BCUT2D eigenvalue weighted by atomic mass is 9.82. The van der Waals surface area contributed by atoms with Gasteiger partial charge in [-0.3, -0.25) is 4.79 Å². The zero-order valence-electron chi connectivity index (χ0n) is 11.4. The van der Waals surface area contributed by atoms with Gasteiger partial charge in [0.25, 0.3) is 0 Å². The van der Waals surface area contributed by atoms with Crippen molar-refractivity contribution in [1.82, 2.24) is 0 Å². The molecule has 1 aliphatic carbocycles. The zero-order chi connectivity index (χ0) is 13.8. The van der Waals surface area contributed by atoms with Crippen molar-refractivity contribution in [3.05, 3.63) is 23.8 Å². The fourth-order valence-electron chi connectivity index (χ4n) is 2.56. The van der Waals surface area contributed by atoms with E-state index in [2.05, 4.69) is 0 Å². The van der Waals surface area contributed by atoms with Crippen LogP contribution >= 0.6 is 0 Å². The maximum Gasteiger partial charge on any atom is 0.166 e. The Labute approximate surface area is 113 Å². The molecule has 0 heterocycles. The summed E-state index contributed by atoms with van der Waals surface area (Å²) < 4.78 is 10.4. The van der Waals surface area contributed by atoms with Crippen LogP contribution in [0.3, 0.4) is 0 Å². The smallest absolute Gasteiger partial charge is 0.166 e. The van der Waals surface area contributed by atoms with Gasteiger partial charge in [0.15, 0.2) is 17.3 Å². The van der Waals surface area contributed by atoms with E-state index in [-0.39, 0.29) is 17.8 Å². The second-order valence-electron chi connectivity index (χ2n) is 4.94. The Hall–Kier alpha value is -1.55. The highest BCUT2D eigenvalue weighted by molar-refractivity contribution is 5.98. The molecular weight excluding hydrogens is 244 g/mol. The standard InChI is InChI=1S/C15H20O4/c1-18-13-8-5-11(9-14(13)19-2)15(17)10-3-6-12(16)7-4-10/h5,8-10,12,16H,3-4,6-7H2,1-2H3. The Morgan fingerprint density at radius 2 is 1.74 bits per heavy atom. The first-order valence-corrected chi connectivity index (χ1v) is 6.60. The van der Waals surface area contributed by atoms with E-state index in [1.54, 1.807) is 32.4 Å². The molecular formula is C15H20O4. The SMILES string of the molecule is COc1ccc(C(=O)C2CCC(O)CC2)cc1OC. The van der Waals surface area contributed by atoms with E-state index in [1.807, 2.05) is 0 Å². The third kappa shape index (κ3) is 3.07. The molecule has 0 bridgehead atoms. The van der Waals surface area contributed by atoms with Crippen LogP contribution in [0, 0.1) is 5.92 Å². The van der Waals surface area contributed by atoms with Crippen molar-refractivity contribution in [2.45, 2.75) is 31.8 Å². The van der Waals surface area contributed by atoms with Crippen molar-refractivity contribution in [2.24, 2.45) is 5.92 Å². The maximum atomic E-state index is 12.4. The first-order chi connectivity index (χ1) is 9.15. The average Bonchev–Trinajstić information content (AvgIpc) is 2.46. The van der Waals surface area contributed by atoms with Crippen molar-refractivity contribution < 1.29 is 19.4 Å². The van der Waals surface area contributed by atoms with Crippen LogP contribution in [0.2, 0.25) is 0 Å². The third-order valence-corrected chi connectivity index (χ3v) is 3.74. The highest BCUT2D eigenvalue weighted by Gasteiger charge is 2.26. The summed E-state index contributed by atoms with van der Waals surface area (Å²) in [6.45, 7) is 0. The highest BCUT2D eigenvalue weighted by atomic mass is 16.5. The second-order valence-corrected chi connectivity index (χ2v) is 4.94. The number of hydrogen-bond donors (Lipinski definition) is 1. The molecule has 0 amide bonds. The fraction of sp³-hybridized carbons (Fsp3) is 0.533. The molecule has 1 saturated carbocycles. The van der Waals surface area contributed by atoms with Gasteiger partial charge in [-0.05, 0) is 43.9 Å². The molecule has 2 rings (SSSR count). The summed E-state index contributed by atoms with van der Waals surface area (Å²) in [7, 11) is 3.13. The molecule has 0 spiro atoms.